The van der Waals surface area contributed by atoms with E-state index in [1.54, 1.807) is 12.3 Å². The summed E-state index contributed by atoms with van der Waals surface area (Å²) in [5.74, 6) is 2.34. The number of hydrogen-bond acceptors (Lipinski definition) is 4. The monoisotopic (exact) mass is 249 g/mol. The molecule has 90 valence electrons. The van der Waals surface area contributed by atoms with Gasteiger partial charge in [0, 0.05) is 41.1 Å². The van der Waals surface area contributed by atoms with Gasteiger partial charge in [0.2, 0.25) is 0 Å². The maximum Gasteiger partial charge on any atom is 0.128 e. The minimum Gasteiger partial charge on any atom is -0.353 e. The van der Waals surface area contributed by atoms with E-state index < -0.39 is 10.8 Å². The van der Waals surface area contributed by atoms with Crippen LogP contribution in [0.1, 0.15) is 18.9 Å². The van der Waals surface area contributed by atoms with E-state index >= 15 is 0 Å². The molecule has 2 unspecified atom stereocenters. The summed E-state index contributed by atoms with van der Waals surface area (Å²) in [5.41, 5.74) is 0.569. The third-order valence-electron chi connectivity index (χ3n) is 3.03. The molecule has 0 N–H and O–H groups in total. The van der Waals surface area contributed by atoms with Crippen molar-refractivity contribution in [3.8, 4) is 6.07 Å². The summed E-state index contributed by atoms with van der Waals surface area (Å²) >= 11 is 0. The van der Waals surface area contributed by atoms with E-state index in [2.05, 4.69) is 22.9 Å². The molecule has 0 aliphatic carbocycles. The van der Waals surface area contributed by atoms with Crippen molar-refractivity contribution in [3.05, 3.63) is 23.9 Å². The van der Waals surface area contributed by atoms with E-state index in [0.29, 0.717) is 17.4 Å². The van der Waals surface area contributed by atoms with Crippen LogP contribution < -0.4 is 4.90 Å². The molecule has 1 saturated heterocycles. The first-order valence-corrected chi connectivity index (χ1v) is 7.17. The zero-order valence-corrected chi connectivity index (χ0v) is 10.6. The molecule has 1 aromatic heterocycles. The van der Waals surface area contributed by atoms with Crippen molar-refractivity contribution >= 4 is 16.6 Å². The van der Waals surface area contributed by atoms with Gasteiger partial charge in [-0.15, -0.1) is 0 Å². The fraction of sp³-hybridized carbons (Fsp3) is 0.500. The first-order chi connectivity index (χ1) is 8.20. The minimum atomic E-state index is -0.701. The van der Waals surface area contributed by atoms with Crippen LogP contribution in [-0.2, 0) is 10.8 Å². The molecule has 2 rings (SSSR count). The summed E-state index contributed by atoms with van der Waals surface area (Å²) in [6.45, 7) is 2.90. The van der Waals surface area contributed by atoms with Crippen molar-refractivity contribution in [2.45, 2.75) is 19.4 Å². The highest BCUT2D eigenvalue weighted by atomic mass is 32.2. The van der Waals surface area contributed by atoms with Crippen LogP contribution >= 0.6 is 0 Å². The smallest absolute Gasteiger partial charge is 0.128 e. The number of nitrogens with zero attached hydrogens (tertiary/aromatic N) is 3. The first kappa shape index (κ1) is 12.1. The number of hydrogen-bond donors (Lipinski definition) is 0. The molecule has 0 radical (unpaired) electrons. The summed E-state index contributed by atoms with van der Waals surface area (Å²) in [4.78, 5) is 6.47. The predicted molar refractivity (Wildman–Crippen MR) is 68.3 cm³/mol. The van der Waals surface area contributed by atoms with Crippen LogP contribution in [0.25, 0.3) is 0 Å². The first-order valence-electron chi connectivity index (χ1n) is 5.68. The Hall–Kier alpha value is -1.41. The van der Waals surface area contributed by atoms with Gasteiger partial charge in [-0.25, -0.2) is 4.98 Å². The lowest BCUT2D eigenvalue weighted by Gasteiger charge is -2.27. The molecule has 1 aliphatic rings. The Morgan fingerprint density at radius 3 is 3.00 bits per heavy atom. The van der Waals surface area contributed by atoms with E-state index in [1.807, 2.05) is 6.07 Å². The van der Waals surface area contributed by atoms with Crippen LogP contribution in [0.4, 0.5) is 5.82 Å². The number of aromatic nitrogens is 1. The highest BCUT2D eigenvalue weighted by molar-refractivity contribution is 7.85. The quantitative estimate of drug-likeness (QED) is 0.753. The van der Waals surface area contributed by atoms with Crippen molar-refractivity contribution in [1.29, 1.82) is 5.26 Å². The van der Waals surface area contributed by atoms with E-state index in [4.69, 9.17) is 5.26 Å². The molecule has 0 bridgehead atoms. The van der Waals surface area contributed by atoms with E-state index in [9.17, 15) is 4.21 Å². The van der Waals surface area contributed by atoms with Crippen molar-refractivity contribution in [1.82, 2.24) is 4.98 Å². The maximum atomic E-state index is 11.5. The van der Waals surface area contributed by atoms with Crippen molar-refractivity contribution in [3.63, 3.8) is 0 Å². The Bertz CT molecular complexity index is 452. The van der Waals surface area contributed by atoms with Gasteiger partial charge in [0.1, 0.15) is 11.9 Å². The zero-order valence-electron chi connectivity index (χ0n) is 9.80. The average molecular weight is 249 g/mol. The summed E-state index contributed by atoms with van der Waals surface area (Å²) in [7, 11) is -0.701. The predicted octanol–water partition coefficient (Wildman–Crippen LogP) is 1.30. The SMILES string of the molecule is CC1CCS(=O)CCN1c1ccc(C#N)cn1. The second-order valence-electron chi connectivity index (χ2n) is 4.20. The van der Waals surface area contributed by atoms with Gasteiger partial charge in [-0.1, -0.05) is 0 Å². The Labute approximate surface area is 104 Å². The van der Waals surface area contributed by atoms with Gasteiger partial charge >= 0.3 is 0 Å². The third kappa shape index (κ3) is 2.83. The van der Waals surface area contributed by atoms with Crippen LogP contribution in [0.15, 0.2) is 18.3 Å². The van der Waals surface area contributed by atoms with Gasteiger partial charge in [-0.2, -0.15) is 5.26 Å². The number of anilines is 1. The highest BCUT2D eigenvalue weighted by Gasteiger charge is 2.20. The fourth-order valence-electron chi connectivity index (χ4n) is 1.94. The summed E-state index contributed by atoms with van der Waals surface area (Å²) in [6, 6.07) is 6.05. The minimum absolute atomic E-state index is 0.349. The summed E-state index contributed by atoms with van der Waals surface area (Å²) in [6.07, 6.45) is 2.51. The van der Waals surface area contributed by atoms with Crippen molar-refractivity contribution < 1.29 is 4.21 Å². The van der Waals surface area contributed by atoms with Crippen molar-refractivity contribution in [2.75, 3.05) is 23.0 Å². The fourth-order valence-corrected chi connectivity index (χ4v) is 3.15. The van der Waals surface area contributed by atoms with Gasteiger partial charge in [-0.3, -0.25) is 4.21 Å². The largest absolute Gasteiger partial charge is 0.353 e. The lowest BCUT2D eigenvalue weighted by Crippen LogP contribution is -2.34. The molecular weight excluding hydrogens is 234 g/mol. The number of rotatable bonds is 1. The Morgan fingerprint density at radius 1 is 1.53 bits per heavy atom. The van der Waals surface area contributed by atoms with E-state index in [-0.39, 0.29) is 0 Å². The van der Waals surface area contributed by atoms with Crippen LogP contribution in [0.2, 0.25) is 0 Å². The lowest BCUT2D eigenvalue weighted by molar-refractivity contribution is 0.637. The van der Waals surface area contributed by atoms with Gasteiger partial charge in [-0.05, 0) is 25.5 Å². The molecule has 1 aliphatic heterocycles. The van der Waals surface area contributed by atoms with E-state index in [1.165, 1.54) is 0 Å². The lowest BCUT2D eigenvalue weighted by atomic mass is 10.2. The molecule has 1 fully saturated rings. The summed E-state index contributed by atoms with van der Waals surface area (Å²) < 4.78 is 11.5. The average Bonchev–Trinajstić information content (AvgIpc) is 2.52. The second-order valence-corrected chi connectivity index (χ2v) is 5.89. The zero-order chi connectivity index (χ0) is 12.3. The summed E-state index contributed by atoms with van der Waals surface area (Å²) in [5, 5.41) is 8.73. The molecule has 0 aromatic carbocycles. The third-order valence-corrected chi connectivity index (χ3v) is 4.36. The number of nitriles is 1. The molecule has 2 heterocycles. The molecule has 0 spiro atoms. The highest BCUT2D eigenvalue weighted by Crippen LogP contribution is 2.18. The molecule has 2 atom stereocenters. The molecule has 1 aromatic rings. The Morgan fingerprint density at radius 2 is 2.35 bits per heavy atom. The van der Waals surface area contributed by atoms with Crippen LogP contribution in [0, 0.1) is 11.3 Å². The van der Waals surface area contributed by atoms with Crippen molar-refractivity contribution in [2.24, 2.45) is 0 Å². The standard InChI is InChI=1S/C12H15N3OS/c1-10-4-6-17(16)7-5-15(10)12-3-2-11(8-13)9-14-12/h2-3,9-10H,4-7H2,1H3. The van der Waals surface area contributed by atoms with Gasteiger partial charge < -0.3 is 4.90 Å². The molecule has 0 saturated carbocycles. The van der Waals surface area contributed by atoms with E-state index in [0.717, 1.165) is 24.5 Å². The van der Waals surface area contributed by atoms with Gasteiger partial charge in [0.05, 0.1) is 5.56 Å². The van der Waals surface area contributed by atoms with Crippen LogP contribution in [0.3, 0.4) is 0 Å². The van der Waals surface area contributed by atoms with Crippen LogP contribution in [-0.4, -0.2) is 33.3 Å². The molecule has 0 amide bonds. The second kappa shape index (κ2) is 5.28. The van der Waals surface area contributed by atoms with Gasteiger partial charge in [0.25, 0.3) is 0 Å². The topological polar surface area (TPSA) is 57.0 Å². The van der Waals surface area contributed by atoms with Crippen LogP contribution in [0.5, 0.6) is 0 Å². The molecular formula is C12H15N3OS. The Kier molecular flexibility index (Phi) is 3.75. The Balaban J connectivity index is 2.19. The molecule has 4 nitrogen and oxygen atoms in total. The number of pyridine rings is 1. The molecule has 5 heteroatoms. The normalized spacial score (nSPS) is 25.1. The maximum absolute atomic E-state index is 11.5. The van der Waals surface area contributed by atoms with Gasteiger partial charge in [0.15, 0.2) is 0 Å². The molecule has 17 heavy (non-hydrogen) atoms.